The number of carbonyl (C=O) groups is 1. The van der Waals surface area contributed by atoms with Gasteiger partial charge >= 0.3 is 5.97 Å². The minimum absolute atomic E-state index is 0.0542. The van der Waals surface area contributed by atoms with Crippen molar-refractivity contribution in [2.75, 3.05) is 7.11 Å². The molecule has 0 bridgehead atoms. The Hall–Kier alpha value is -1.89. The predicted octanol–water partition coefficient (Wildman–Crippen LogP) is 4.79. The lowest BCUT2D eigenvalue weighted by Gasteiger charge is -2.08. The number of carbonyl (C=O) groups excluding carboxylic acids is 1. The van der Waals surface area contributed by atoms with Gasteiger partial charge in [-0.25, -0.2) is 14.5 Å². The fourth-order valence-electron chi connectivity index (χ4n) is 2.10. The molecule has 3 rings (SSSR count). The molecule has 0 radical (unpaired) electrons. The average Bonchev–Trinajstić information content (AvgIpc) is 3.00. The maximum Gasteiger partial charge on any atom is 0.377 e. The Bertz CT molecular complexity index is 910. The van der Waals surface area contributed by atoms with Crippen molar-refractivity contribution in [1.29, 1.82) is 0 Å². The maximum atomic E-state index is 11.8. The standard InChI is InChI=1S/C16H10BrCl2N3O2/c1-24-16(23)14-20-15(9-2-4-10(17)5-3-9)22(21-14)13-7-6-11(18)8-12(13)19/h2-8H,1H3. The Balaban J connectivity index is 2.21. The number of hydrogen-bond acceptors (Lipinski definition) is 4. The minimum Gasteiger partial charge on any atom is -0.463 e. The van der Waals surface area contributed by atoms with Gasteiger partial charge in [-0.05, 0) is 30.3 Å². The molecule has 0 aliphatic carbocycles. The monoisotopic (exact) mass is 425 g/mol. The van der Waals surface area contributed by atoms with Crippen molar-refractivity contribution in [1.82, 2.24) is 14.8 Å². The number of ether oxygens (including phenoxy) is 1. The van der Waals surface area contributed by atoms with Crippen molar-refractivity contribution in [2.45, 2.75) is 0 Å². The second-order valence-electron chi connectivity index (χ2n) is 4.77. The van der Waals surface area contributed by atoms with Crippen molar-refractivity contribution in [3.63, 3.8) is 0 Å². The van der Waals surface area contributed by atoms with Gasteiger partial charge in [0.05, 0.1) is 17.8 Å². The van der Waals surface area contributed by atoms with Crippen molar-refractivity contribution in [2.24, 2.45) is 0 Å². The van der Waals surface area contributed by atoms with Gasteiger partial charge in [-0.1, -0.05) is 51.3 Å². The quantitative estimate of drug-likeness (QED) is 0.565. The summed E-state index contributed by atoms with van der Waals surface area (Å²) in [5, 5.41) is 5.13. The van der Waals surface area contributed by atoms with Crippen molar-refractivity contribution in [3.8, 4) is 17.1 Å². The van der Waals surface area contributed by atoms with Crippen molar-refractivity contribution in [3.05, 3.63) is 62.8 Å². The van der Waals surface area contributed by atoms with Gasteiger partial charge in [0.15, 0.2) is 5.82 Å². The molecule has 0 atom stereocenters. The van der Waals surface area contributed by atoms with Crippen LogP contribution in [0.2, 0.25) is 10.0 Å². The van der Waals surface area contributed by atoms with Gasteiger partial charge in [-0.3, -0.25) is 0 Å². The summed E-state index contributed by atoms with van der Waals surface area (Å²) in [7, 11) is 1.28. The zero-order valence-electron chi connectivity index (χ0n) is 12.3. The molecule has 2 aromatic carbocycles. The topological polar surface area (TPSA) is 57.0 Å². The molecule has 0 fully saturated rings. The molecule has 0 spiro atoms. The number of esters is 1. The summed E-state index contributed by atoms with van der Waals surface area (Å²) in [5.74, 6) is -0.217. The van der Waals surface area contributed by atoms with E-state index in [1.54, 1.807) is 18.2 Å². The largest absolute Gasteiger partial charge is 0.463 e. The average molecular weight is 427 g/mol. The van der Waals surface area contributed by atoms with E-state index in [1.807, 2.05) is 24.3 Å². The molecule has 8 heteroatoms. The number of nitrogens with zero attached hydrogens (tertiary/aromatic N) is 3. The van der Waals surface area contributed by atoms with E-state index in [0.717, 1.165) is 10.0 Å². The third-order valence-electron chi connectivity index (χ3n) is 3.22. The smallest absolute Gasteiger partial charge is 0.377 e. The molecule has 1 heterocycles. The molecule has 0 saturated heterocycles. The van der Waals surface area contributed by atoms with Crippen molar-refractivity contribution >= 4 is 45.1 Å². The highest BCUT2D eigenvalue weighted by molar-refractivity contribution is 9.10. The first-order valence-corrected chi connectivity index (χ1v) is 8.31. The number of benzene rings is 2. The molecule has 0 unspecified atom stereocenters. The van der Waals surface area contributed by atoms with Crippen LogP contribution in [-0.2, 0) is 4.74 Å². The maximum absolute atomic E-state index is 11.8. The molecule has 0 N–H and O–H groups in total. The molecule has 122 valence electrons. The first-order chi connectivity index (χ1) is 11.5. The van der Waals surface area contributed by atoms with E-state index in [1.165, 1.54) is 11.8 Å². The van der Waals surface area contributed by atoms with E-state index in [9.17, 15) is 4.79 Å². The van der Waals surface area contributed by atoms with E-state index >= 15 is 0 Å². The Morgan fingerprint density at radius 2 is 1.88 bits per heavy atom. The van der Waals surface area contributed by atoms with E-state index in [0.29, 0.717) is 21.6 Å². The lowest BCUT2D eigenvalue weighted by atomic mass is 10.2. The third-order valence-corrected chi connectivity index (χ3v) is 4.28. The molecular formula is C16H10BrCl2N3O2. The van der Waals surface area contributed by atoms with Crippen LogP contribution in [0.25, 0.3) is 17.1 Å². The van der Waals surface area contributed by atoms with Crippen LogP contribution in [0.3, 0.4) is 0 Å². The first kappa shape index (κ1) is 17.0. The Labute approximate surface area is 156 Å². The van der Waals surface area contributed by atoms with Crippen LogP contribution in [0.5, 0.6) is 0 Å². The van der Waals surface area contributed by atoms with E-state index < -0.39 is 5.97 Å². The highest BCUT2D eigenvalue weighted by atomic mass is 79.9. The molecule has 0 saturated carbocycles. The van der Waals surface area contributed by atoms with Crippen LogP contribution in [0.15, 0.2) is 46.9 Å². The molecular weight excluding hydrogens is 417 g/mol. The molecule has 24 heavy (non-hydrogen) atoms. The van der Waals surface area contributed by atoms with Crippen LogP contribution in [-0.4, -0.2) is 27.8 Å². The second-order valence-corrected chi connectivity index (χ2v) is 6.52. The minimum atomic E-state index is -0.628. The molecule has 0 amide bonds. The number of methoxy groups -OCH3 is 1. The van der Waals surface area contributed by atoms with E-state index in [4.69, 9.17) is 27.9 Å². The van der Waals surface area contributed by atoms with Gasteiger partial charge in [-0.2, -0.15) is 0 Å². The Morgan fingerprint density at radius 1 is 1.17 bits per heavy atom. The number of rotatable bonds is 3. The molecule has 0 aliphatic heterocycles. The molecule has 0 aliphatic rings. The first-order valence-electron chi connectivity index (χ1n) is 6.76. The number of hydrogen-bond donors (Lipinski definition) is 0. The van der Waals surface area contributed by atoms with Gasteiger partial charge in [0, 0.05) is 15.1 Å². The molecule has 1 aromatic heterocycles. The van der Waals surface area contributed by atoms with Crippen molar-refractivity contribution < 1.29 is 9.53 Å². The summed E-state index contributed by atoms with van der Waals surface area (Å²) in [6.45, 7) is 0. The highest BCUT2D eigenvalue weighted by Gasteiger charge is 2.20. The van der Waals surface area contributed by atoms with Crippen LogP contribution >= 0.6 is 39.1 Å². The predicted molar refractivity (Wildman–Crippen MR) is 95.9 cm³/mol. The lowest BCUT2D eigenvalue weighted by molar-refractivity contribution is 0.0587. The normalized spacial score (nSPS) is 10.7. The SMILES string of the molecule is COC(=O)c1nc(-c2ccc(Br)cc2)n(-c2ccc(Cl)cc2Cl)n1. The third kappa shape index (κ3) is 3.31. The van der Waals surface area contributed by atoms with Gasteiger partial charge in [-0.15, -0.1) is 5.10 Å². The van der Waals surface area contributed by atoms with Crippen LogP contribution in [0, 0.1) is 0 Å². The van der Waals surface area contributed by atoms with Gasteiger partial charge in [0.25, 0.3) is 5.82 Å². The van der Waals surface area contributed by atoms with Gasteiger partial charge in [0.1, 0.15) is 0 Å². The number of aromatic nitrogens is 3. The number of halogens is 3. The van der Waals surface area contributed by atoms with Gasteiger partial charge in [0.2, 0.25) is 0 Å². The lowest BCUT2D eigenvalue weighted by Crippen LogP contribution is -2.05. The Morgan fingerprint density at radius 3 is 2.50 bits per heavy atom. The summed E-state index contributed by atoms with van der Waals surface area (Å²) in [4.78, 5) is 16.1. The Kier molecular flexibility index (Phi) is 4.89. The highest BCUT2D eigenvalue weighted by Crippen LogP contribution is 2.29. The summed E-state index contributed by atoms with van der Waals surface area (Å²) < 4.78 is 7.13. The summed E-state index contributed by atoms with van der Waals surface area (Å²) in [5.41, 5.74) is 1.33. The molecule has 5 nitrogen and oxygen atoms in total. The molecule has 3 aromatic rings. The zero-order valence-corrected chi connectivity index (χ0v) is 15.4. The second kappa shape index (κ2) is 6.93. The van der Waals surface area contributed by atoms with Crippen LogP contribution in [0.1, 0.15) is 10.6 Å². The zero-order chi connectivity index (χ0) is 17.3. The summed E-state index contributed by atoms with van der Waals surface area (Å²) >= 11 is 15.6. The summed E-state index contributed by atoms with van der Waals surface area (Å²) in [6.07, 6.45) is 0. The van der Waals surface area contributed by atoms with Gasteiger partial charge < -0.3 is 4.74 Å². The van der Waals surface area contributed by atoms with Crippen LogP contribution < -0.4 is 0 Å². The summed E-state index contributed by atoms with van der Waals surface area (Å²) in [6, 6.07) is 12.5. The van der Waals surface area contributed by atoms with E-state index in [-0.39, 0.29) is 5.82 Å². The fourth-order valence-corrected chi connectivity index (χ4v) is 2.85. The van der Waals surface area contributed by atoms with Crippen LogP contribution in [0.4, 0.5) is 0 Å². The fraction of sp³-hybridized carbons (Fsp3) is 0.0625. The van der Waals surface area contributed by atoms with E-state index in [2.05, 4.69) is 26.0 Å².